The highest BCUT2D eigenvalue weighted by Gasteiger charge is 2.27. The van der Waals surface area contributed by atoms with Crippen LogP contribution in [0.3, 0.4) is 0 Å². The highest BCUT2D eigenvalue weighted by Crippen LogP contribution is 2.32. The van der Waals surface area contributed by atoms with E-state index in [4.69, 9.17) is 9.47 Å². The molecule has 0 aliphatic rings. The van der Waals surface area contributed by atoms with E-state index in [-0.39, 0.29) is 5.41 Å². The number of carbonyl (C=O) groups excluding carboxylic acids is 1. The predicted octanol–water partition coefficient (Wildman–Crippen LogP) is 2.95. The first-order valence-electron chi connectivity index (χ1n) is 7.04. The second-order valence-corrected chi connectivity index (χ2v) is 6.62. The van der Waals surface area contributed by atoms with Crippen LogP contribution in [0.1, 0.15) is 43.6 Å². The normalized spacial score (nSPS) is 12.7. The zero-order chi connectivity index (χ0) is 16.5. The van der Waals surface area contributed by atoms with Gasteiger partial charge in [0.1, 0.15) is 5.57 Å². The van der Waals surface area contributed by atoms with Crippen LogP contribution in [0.5, 0.6) is 0 Å². The quantitative estimate of drug-likeness (QED) is 0.481. The minimum Gasteiger partial charge on any atom is -0.503 e. The van der Waals surface area contributed by atoms with Gasteiger partial charge < -0.3 is 9.47 Å². The van der Waals surface area contributed by atoms with Crippen LogP contribution in [0.15, 0.2) is 6.26 Å². The lowest BCUT2D eigenvalue weighted by atomic mass is 9.90. The van der Waals surface area contributed by atoms with Crippen molar-refractivity contribution in [1.29, 1.82) is 0 Å². The van der Waals surface area contributed by atoms with Crippen LogP contribution in [0.25, 0.3) is 10.5 Å². The Labute approximate surface area is 133 Å². The van der Waals surface area contributed by atoms with Crippen LogP contribution in [-0.4, -0.2) is 34.8 Å². The van der Waals surface area contributed by atoms with E-state index in [0.717, 1.165) is 27.8 Å². The number of ether oxygens (including phenoxy) is 2. The maximum Gasteiger partial charge on any atom is 0.342 e. The topological polar surface area (TPSA) is 65.7 Å². The fourth-order valence-electron chi connectivity index (χ4n) is 1.96. The fraction of sp³-hybridized carbons (Fsp3) is 0.533. The third kappa shape index (κ3) is 2.72. The lowest BCUT2D eigenvalue weighted by Gasteiger charge is -2.17. The molecule has 0 fully saturated rings. The number of aromatic nitrogens is 3. The summed E-state index contributed by atoms with van der Waals surface area (Å²) in [7, 11) is 2.84. The van der Waals surface area contributed by atoms with Crippen molar-refractivity contribution in [1.82, 2.24) is 14.6 Å². The Hall–Kier alpha value is -1.89. The van der Waals surface area contributed by atoms with E-state index in [1.54, 1.807) is 4.52 Å². The van der Waals surface area contributed by atoms with Gasteiger partial charge in [0.25, 0.3) is 0 Å². The molecule has 0 amide bonds. The van der Waals surface area contributed by atoms with Gasteiger partial charge in [0, 0.05) is 5.41 Å². The summed E-state index contributed by atoms with van der Waals surface area (Å²) in [5, 5.41) is 4.60. The number of esters is 1. The number of rotatable bonds is 5. The van der Waals surface area contributed by atoms with E-state index < -0.39 is 5.97 Å². The number of thiazole rings is 1. The minimum absolute atomic E-state index is 0.0775. The molecule has 0 aliphatic heterocycles. The minimum atomic E-state index is -0.441. The van der Waals surface area contributed by atoms with Gasteiger partial charge >= 0.3 is 5.97 Å². The fourth-order valence-corrected chi connectivity index (χ4v) is 3.01. The summed E-state index contributed by atoms with van der Waals surface area (Å²) < 4.78 is 11.6. The zero-order valence-electron chi connectivity index (χ0n) is 13.8. The lowest BCUT2D eigenvalue weighted by molar-refractivity contribution is -0.133. The molecule has 2 rings (SSSR count). The van der Waals surface area contributed by atoms with Gasteiger partial charge in [-0.2, -0.15) is 0 Å². The maximum atomic E-state index is 11.9. The van der Waals surface area contributed by atoms with Gasteiger partial charge in [-0.25, -0.2) is 14.3 Å². The summed E-state index contributed by atoms with van der Waals surface area (Å²) in [4.78, 5) is 18.0. The average molecular weight is 323 g/mol. The van der Waals surface area contributed by atoms with Gasteiger partial charge in [0.2, 0.25) is 4.96 Å². The predicted molar refractivity (Wildman–Crippen MR) is 85.9 cm³/mol. The lowest BCUT2D eigenvalue weighted by Crippen LogP contribution is -2.17. The molecule has 0 saturated carbocycles. The van der Waals surface area contributed by atoms with Gasteiger partial charge in [-0.05, 0) is 13.3 Å². The number of carbonyl (C=O) groups is 1. The molecule has 6 nitrogen and oxygen atoms in total. The molecule has 2 aromatic heterocycles. The number of methoxy groups -OCH3 is 2. The SMILES string of the molecule is CCC(C)(C)c1nc2sc(C(=COC)C(=O)OC)c(C)n2n1. The van der Waals surface area contributed by atoms with Crippen molar-refractivity contribution >= 4 is 27.8 Å². The third-order valence-corrected chi connectivity index (χ3v) is 4.96. The Morgan fingerprint density at radius 3 is 2.59 bits per heavy atom. The van der Waals surface area contributed by atoms with Crippen molar-refractivity contribution in [2.75, 3.05) is 14.2 Å². The van der Waals surface area contributed by atoms with Gasteiger partial charge in [-0.15, -0.1) is 5.10 Å². The van der Waals surface area contributed by atoms with Crippen LogP contribution < -0.4 is 0 Å². The van der Waals surface area contributed by atoms with Crippen LogP contribution in [-0.2, 0) is 19.7 Å². The van der Waals surface area contributed by atoms with E-state index in [0.29, 0.717) is 5.57 Å². The number of nitrogens with zero attached hydrogens (tertiary/aromatic N) is 3. The van der Waals surface area contributed by atoms with Crippen molar-refractivity contribution in [2.45, 2.75) is 39.5 Å². The smallest absolute Gasteiger partial charge is 0.342 e. The summed E-state index contributed by atoms with van der Waals surface area (Å²) in [5.74, 6) is 0.370. The van der Waals surface area contributed by atoms with Crippen molar-refractivity contribution in [2.24, 2.45) is 0 Å². The monoisotopic (exact) mass is 323 g/mol. The van der Waals surface area contributed by atoms with E-state index in [9.17, 15) is 4.79 Å². The van der Waals surface area contributed by atoms with Crippen molar-refractivity contribution in [3.8, 4) is 0 Å². The second-order valence-electron chi connectivity index (χ2n) is 5.64. The van der Waals surface area contributed by atoms with E-state index in [1.807, 2.05) is 6.92 Å². The highest BCUT2D eigenvalue weighted by molar-refractivity contribution is 7.18. The molecule has 0 aromatic carbocycles. The Balaban J connectivity index is 2.55. The highest BCUT2D eigenvalue weighted by atomic mass is 32.1. The first-order valence-corrected chi connectivity index (χ1v) is 7.85. The number of hydrogen-bond acceptors (Lipinski definition) is 6. The molecule has 0 N–H and O–H groups in total. The number of aryl methyl sites for hydroxylation is 1. The van der Waals surface area contributed by atoms with Gasteiger partial charge in [-0.3, -0.25) is 0 Å². The molecule has 0 unspecified atom stereocenters. The summed E-state index contributed by atoms with van der Waals surface area (Å²) in [5.41, 5.74) is 1.14. The van der Waals surface area contributed by atoms with Crippen molar-refractivity contribution in [3.05, 3.63) is 22.7 Å². The molecule has 0 atom stereocenters. The summed E-state index contributed by atoms with van der Waals surface area (Å²) in [6, 6.07) is 0. The molecule has 0 radical (unpaired) electrons. The van der Waals surface area contributed by atoms with Crippen LogP contribution in [0.2, 0.25) is 0 Å². The first kappa shape index (κ1) is 16.5. The van der Waals surface area contributed by atoms with Crippen molar-refractivity contribution < 1.29 is 14.3 Å². The molecular formula is C15H21N3O3S. The molecule has 0 saturated heterocycles. The Bertz CT molecular complexity index is 728. The summed E-state index contributed by atoms with van der Waals surface area (Å²) in [6.45, 7) is 8.26. The van der Waals surface area contributed by atoms with E-state index in [1.165, 1.54) is 31.8 Å². The Kier molecular flexibility index (Phi) is 4.55. The summed E-state index contributed by atoms with van der Waals surface area (Å²) in [6.07, 6.45) is 2.34. The molecule has 120 valence electrons. The molecule has 22 heavy (non-hydrogen) atoms. The van der Waals surface area contributed by atoms with Gasteiger partial charge in [0.15, 0.2) is 5.82 Å². The van der Waals surface area contributed by atoms with Gasteiger partial charge in [0.05, 0.1) is 31.1 Å². The largest absolute Gasteiger partial charge is 0.503 e. The Morgan fingerprint density at radius 2 is 2.09 bits per heavy atom. The molecule has 7 heteroatoms. The maximum absolute atomic E-state index is 11.9. The molecule has 0 aliphatic carbocycles. The van der Waals surface area contributed by atoms with E-state index >= 15 is 0 Å². The van der Waals surface area contributed by atoms with Crippen LogP contribution in [0.4, 0.5) is 0 Å². The standard InChI is InChI=1S/C15H21N3O3S/c1-7-15(3,4)13-16-14-18(17-13)9(2)11(22-14)10(8-20-5)12(19)21-6/h8H,7H2,1-6H3. The number of hydrogen-bond donors (Lipinski definition) is 0. The number of fused-ring (bicyclic) bond motifs is 1. The van der Waals surface area contributed by atoms with E-state index in [2.05, 4.69) is 30.9 Å². The van der Waals surface area contributed by atoms with Crippen LogP contribution >= 0.6 is 11.3 Å². The average Bonchev–Trinajstić information content (AvgIpc) is 3.05. The first-order chi connectivity index (χ1) is 10.4. The van der Waals surface area contributed by atoms with Gasteiger partial charge in [-0.1, -0.05) is 32.1 Å². The molecule has 2 heterocycles. The molecular weight excluding hydrogens is 302 g/mol. The third-order valence-electron chi connectivity index (χ3n) is 3.79. The molecule has 2 aromatic rings. The van der Waals surface area contributed by atoms with Crippen LogP contribution in [0, 0.1) is 6.92 Å². The molecule has 0 bridgehead atoms. The second kappa shape index (κ2) is 6.08. The Morgan fingerprint density at radius 1 is 1.41 bits per heavy atom. The van der Waals surface area contributed by atoms with Crippen molar-refractivity contribution in [3.63, 3.8) is 0 Å². The molecule has 0 spiro atoms. The zero-order valence-corrected chi connectivity index (χ0v) is 14.6. The summed E-state index contributed by atoms with van der Waals surface area (Å²) >= 11 is 1.40.